The van der Waals surface area contributed by atoms with E-state index in [1.54, 1.807) is 6.20 Å². The monoisotopic (exact) mass is 285 g/mol. The second-order valence-corrected chi connectivity index (χ2v) is 5.22. The predicted octanol–water partition coefficient (Wildman–Crippen LogP) is 3.98. The Morgan fingerprint density at radius 2 is 2.19 bits per heavy atom. The van der Waals surface area contributed by atoms with Crippen molar-refractivity contribution in [1.29, 1.82) is 0 Å². The molecule has 0 saturated carbocycles. The van der Waals surface area contributed by atoms with Crippen LogP contribution in [0.3, 0.4) is 0 Å². The molecule has 1 aromatic heterocycles. The van der Waals surface area contributed by atoms with Gasteiger partial charge in [0.1, 0.15) is 5.75 Å². The molecule has 2 nitrogen and oxygen atoms in total. The van der Waals surface area contributed by atoms with E-state index in [2.05, 4.69) is 40.8 Å². The predicted molar refractivity (Wildman–Crippen MR) is 71.4 cm³/mol. The number of hydrogen-bond donors (Lipinski definition) is 0. The summed E-state index contributed by atoms with van der Waals surface area (Å²) in [5.41, 5.74) is 1.26. The molecule has 16 heavy (non-hydrogen) atoms. The van der Waals surface area contributed by atoms with Crippen molar-refractivity contribution in [3.63, 3.8) is 0 Å². The highest BCUT2D eigenvalue weighted by atomic mass is 79.9. The third-order valence-corrected chi connectivity index (χ3v) is 3.54. The molecule has 0 aliphatic carbocycles. The molecule has 90 valence electrons. The van der Waals surface area contributed by atoms with E-state index < -0.39 is 0 Å². The van der Waals surface area contributed by atoms with Gasteiger partial charge in [0.15, 0.2) is 0 Å². The SMILES string of the molecule is CCCOc1cncc(CCC(Br)CC)c1. The normalized spacial score (nSPS) is 12.4. The molecule has 0 saturated heterocycles. The highest BCUT2D eigenvalue weighted by Gasteiger charge is 2.03. The molecule has 1 atom stereocenters. The zero-order valence-electron chi connectivity index (χ0n) is 10.1. The van der Waals surface area contributed by atoms with Crippen LogP contribution in [-0.2, 0) is 6.42 Å². The average Bonchev–Trinajstić information content (AvgIpc) is 2.34. The van der Waals surface area contributed by atoms with Gasteiger partial charge in [-0.15, -0.1) is 0 Å². The highest BCUT2D eigenvalue weighted by molar-refractivity contribution is 9.09. The Morgan fingerprint density at radius 1 is 1.38 bits per heavy atom. The van der Waals surface area contributed by atoms with E-state index in [0.29, 0.717) is 4.83 Å². The lowest BCUT2D eigenvalue weighted by Crippen LogP contribution is -2.00. The highest BCUT2D eigenvalue weighted by Crippen LogP contribution is 2.16. The molecule has 0 aliphatic rings. The summed E-state index contributed by atoms with van der Waals surface area (Å²) in [6.45, 7) is 5.06. The first kappa shape index (κ1) is 13.5. The fraction of sp³-hybridized carbons (Fsp3) is 0.615. The number of pyridine rings is 1. The van der Waals surface area contributed by atoms with Crippen LogP contribution in [0.5, 0.6) is 5.75 Å². The summed E-state index contributed by atoms with van der Waals surface area (Å²) >= 11 is 3.64. The molecule has 0 aromatic carbocycles. The van der Waals surface area contributed by atoms with E-state index in [-0.39, 0.29) is 0 Å². The Morgan fingerprint density at radius 3 is 2.88 bits per heavy atom. The van der Waals surface area contributed by atoms with Crippen molar-refractivity contribution < 1.29 is 4.74 Å². The van der Waals surface area contributed by atoms with Gasteiger partial charge in [0.05, 0.1) is 12.8 Å². The maximum Gasteiger partial charge on any atom is 0.137 e. The minimum Gasteiger partial charge on any atom is -0.492 e. The van der Waals surface area contributed by atoms with Crippen molar-refractivity contribution in [3.8, 4) is 5.75 Å². The lowest BCUT2D eigenvalue weighted by atomic mass is 10.1. The van der Waals surface area contributed by atoms with Crippen molar-refractivity contribution in [2.45, 2.75) is 44.4 Å². The van der Waals surface area contributed by atoms with Crippen LogP contribution < -0.4 is 4.74 Å². The summed E-state index contributed by atoms with van der Waals surface area (Å²) in [6, 6.07) is 2.10. The zero-order chi connectivity index (χ0) is 11.8. The molecule has 0 radical (unpaired) electrons. The van der Waals surface area contributed by atoms with Crippen LogP contribution in [0.2, 0.25) is 0 Å². The molecule has 1 heterocycles. The molecular weight excluding hydrogens is 266 g/mol. The fourth-order valence-corrected chi connectivity index (χ4v) is 1.66. The minimum atomic E-state index is 0.604. The van der Waals surface area contributed by atoms with Crippen molar-refractivity contribution in [3.05, 3.63) is 24.0 Å². The van der Waals surface area contributed by atoms with Crippen LogP contribution in [0.4, 0.5) is 0 Å². The van der Waals surface area contributed by atoms with Gasteiger partial charge in [-0.3, -0.25) is 4.98 Å². The second kappa shape index (κ2) is 7.66. The van der Waals surface area contributed by atoms with Crippen LogP contribution in [-0.4, -0.2) is 16.4 Å². The quantitative estimate of drug-likeness (QED) is 0.707. The van der Waals surface area contributed by atoms with Gasteiger partial charge in [-0.25, -0.2) is 0 Å². The summed E-state index contributed by atoms with van der Waals surface area (Å²) < 4.78 is 5.55. The maximum atomic E-state index is 5.55. The van der Waals surface area contributed by atoms with E-state index in [1.165, 1.54) is 12.0 Å². The Balaban J connectivity index is 2.46. The molecule has 0 fully saturated rings. The van der Waals surface area contributed by atoms with E-state index in [0.717, 1.165) is 31.6 Å². The summed E-state index contributed by atoms with van der Waals surface area (Å²) in [5, 5.41) is 0. The standard InChI is InChI=1S/C13H20BrNO/c1-3-7-16-13-8-11(9-15-10-13)5-6-12(14)4-2/h8-10,12H,3-7H2,1-2H3. The van der Waals surface area contributed by atoms with Crippen LogP contribution in [0.25, 0.3) is 0 Å². The van der Waals surface area contributed by atoms with Crippen LogP contribution in [0.15, 0.2) is 18.5 Å². The van der Waals surface area contributed by atoms with Gasteiger partial charge in [0.2, 0.25) is 0 Å². The molecule has 1 unspecified atom stereocenters. The first-order valence-electron chi connectivity index (χ1n) is 5.97. The summed E-state index contributed by atoms with van der Waals surface area (Å²) in [7, 11) is 0. The summed E-state index contributed by atoms with van der Waals surface area (Å²) in [4.78, 5) is 4.81. The molecule has 0 N–H and O–H groups in total. The fourth-order valence-electron chi connectivity index (χ4n) is 1.43. The van der Waals surface area contributed by atoms with Crippen LogP contribution in [0, 0.1) is 0 Å². The average molecular weight is 286 g/mol. The number of ether oxygens (including phenoxy) is 1. The van der Waals surface area contributed by atoms with Gasteiger partial charge >= 0.3 is 0 Å². The molecule has 0 spiro atoms. The summed E-state index contributed by atoms with van der Waals surface area (Å²) in [6.07, 6.45) is 8.11. The molecule has 1 rings (SSSR count). The van der Waals surface area contributed by atoms with E-state index in [4.69, 9.17) is 4.74 Å². The molecule has 1 aromatic rings. The Labute approximate surface area is 107 Å². The molecule has 3 heteroatoms. The molecule has 0 amide bonds. The van der Waals surface area contributed by atoms with E-state index in [1.807, 2.05) is 6.20 Å². The van der Waals surface area contributed by atoms with E-state index in [9.17, 15) is 0 Å². The number of halogens is 1. The van der Waals surface area contributed by atoms with E-state index >= 15 is 0 Å². The number of rotatable bonds is 7. The second-order valence-electron chi connectivity index (χ2n) is 3.92. The van der Waals surface area contributed by atoms with Gasteiger partial charge in [-0.05, 0) is 37.3 Å². The number of hydrogen-bond acceptors (Lipinski definition) is 2. The van der Waals surface area contributed by atoms with Gasteiger partial charge in [-0.1, -0.05) is 29.8 Å². The summed E-state index contributed by atoms with van der Waals surface area (Å²) in [5.74, 6) is 0.891. The van der Waals surface area contributed by atoms with Crippen molar-refractivity contribution in [1.82, 2.24) is 4.98 Å². The van der Waals surface area contributed by atoms with Crippen LogP contribution >= 0.6 is 15.9 Å². The Kier molecular flexibility index (Phi) is 6.46. The smallest absolute Gasteiger partial charge is 0.137 e. The van der Waals surface area contributed by atoms with Gasteiger partial charge < -0.3 is 4.74 Å². The van der Waals surface area contributed by atoms with Crippen molar-refractivity contribution in [2.24, 2.45) is 0 Å². The van der Waals surface area contributed by atoms with Gasteiger partial charge in [-0.2, -0.15) is 0 Å². The third-order valence-electron chi connectivity index (χ3n) is 2.43. The van der Waals surface area contributed by atoms with Gasteiger partial charge in [0.25, 0.3) is 0 Å². The van der Waals surface area contributed by atoms with Crippen molar-refractivity contribution >= 4 is 15.9 Å². The van der Waals surface area contributed by atoms with Crippen LogP contribution in [0.1, 0.15) is 38.7 Å². The van der Waals surface area contributed by atoms with Crippen molar-refractivity contribution in [2.75, 3.05) is 6.61 Å². The maximum absolute atomic E-state index is 5.55. The lowest BCUT2D eigenvalue weighted by molar-refractivity contribution is 0.316. The molecule has 0 aliphatic heterocycles. The first-order valence-corrected chi connectivity index (χ1v) is 6.88. The Bertz CT molecular complexity index is 304. The number of alkyl halides is 1. The largest absolute Gasteiger partial charge is 0.492 e. The Hall–Kier alpha value is -0.570. The topological polar surface area (TPSA) is 22.1 Å². The molecule has 0 bridgehead atoms. The number of nitrogens with zero attached hydrogens (tertiary/aromatic N) is 1. The number of aromatic nitrogens is 1. The third kappa shape index (κ3) is 4.97. The first-order chi connectivity index (χ1) is 7.76. The zero-order valence-corrected chi connectivity index (χ0v) is 11.7. The number of aryl methyl sites for hydroxylation is 1. The van der Waals surface area contributed by atoms with Gasteiger partial charge in [0, 0.05) is 11.0 Å². The molecular formula is C13H20BrNO. The lowest BCUT2D eigenvalue weighted by Gasteiger charge is -2.08. The minimum absolute atomic E-state index is 0.604.